The maximum Gasteiger partial charge on any atom is 0.319 e. The summed E-state index contributed by atoms with van der Waals surface area (Å²) in [6, 6.07) is 16.5. The first kappa shape index (κ1) is 25.3. The van der Waals surface area contributed by atoms with Crippen molar-refractivity contribution in [1.29, 1.82) is 0 Å². The van der Waals surface area contributed by atoms with Gasteiger partial charge >= 0.3 is 6.03 Å². The molecule has 0 saturated heterocycles. The number of rotatable bonds is 8. The zero-order valence-electron chi connectivity index (χ0n) is 20.4. The first-order valence-electron chi connectivity index (χ1n) is 12.0. The zero-order chi connectivity index (χ0) is 24.7. The van der Waals surface area contributed by atoms with Gasteiger partial charge in [0.2, 0.25) is 11.8 Å². The fraction of sp³-hybridized carbons (Fsp3) is 0.444. The summed E-state index contributed by atoms with van der Waals surface area (Å²) >= 11 is 0. The number of amides is 4. The Bertz CT molecular complexity index is 975. The number of benzene rings is 2. The number of nitrogens with two attached hydrogens (primary N) is 1. The first-order valence-corrected chi connectivity index (χ1v) is 12.0. The first-order chi connectivity index (χ1) is 16.3. The maximum atomic E-state index is 13.3. The number of carbonyl (C=O) groups excluding carboxylic acids is 3. The molecule has 0 unspecified atom stereocenters. The van der Waals surface area contributed by atoms with Gasteiger partial charge in [-0.15, -0.1) is 0 Å². The van der Waals surface area contributed by atoms with Gasteiger partial charge in [0, 0.05) is 33.1 Å². The molecule has 182 valence electrons. The average molecular weight is 465 g/mol. The van der Waals surface area contributed by atoms with Gasteiger partial charge in [0.1, 0.15) is 6.04 Å². The summed E-state index contributed by atoms with van der Waals surface area (Å²) in [5, 5.41) is 2.91. The molecule has 3 atom stereocenters. The monoisotopic (exact) mass is 464 g/mol. The number of hydrogen-bond acceptors (Lipinski definition) is 3. The number of nitrogens with zero attached hydrogens (tertiary/aromatic N) is 2. The van der Waals surface area contributed by atoms with E-state index in [1.165, 1.54) is 0 Å². The fourth-order valence-electron chi connectivity index (χ4n) is 4.75. The van der Waals surface area contributed by atoms with Gasteiger partial charge < -0.3 is 20.9 Å². The highest BCUT2D eigenvalue weighted by molar-refractivity contribution is 5.89. The minimum atomic E-state index is -0.840. The van der Waals surface area contributed by atoms with Crippen molar-refractivity contribution in [1.82, 2.24) is 15.1 Å². The van der Waals surface area contributed by atoms with Crippen molar-refractivity contribution in [3.63, 3.8) is 0 Å². The van der Waals surface area contributed by atoms with Gasteiger partial charge in [-0.2, -0.15) is 0 Å². The van der Waals surface area contributed by atoms with Crippen molar-refractivity contribution in [2.24, 2.45) is 11.7 Å². The van der Waals surface area contributed by atoms with Crippen LogP contribution in [0.2, 0.25) is 0 Å². The molecule has 34 heavy (non-hydrogen) atoms. The van der Waals surface area contributed by atoms with Crippen molar-refractivity contribution in [3.05, 3.63) is 71.3 Å². The Morgan fingerprint density at radius 3 is 2.24 bits per heavy atom. The summed E-state index contributed by atoms with van der Waals surface area (Å²) in [7, 11) is 3.51. The van der Waals surface area contributed by atoms with Crippen LogP contribution in [0.3, 0.4) is 0 Å². The lowest BCUT2D eigenvalue weighted by Gasteiger charge is -2.32. The van der Waals surface area contributed by atoms with Crippen LogP contribution in [0.1, 0.15) is 61.3 Å². The highest BCUT2D eigenvalue weighted by Crippen LogP contribution is 2.38. The Morgan fingerprint density at radius 1 is 1.00 bits per heavy atom. The highest BCUT2D eigenvalue weighted by Gasteiger charge is 2.34. The van der Waals surface area contributed by atoms with Crippen LogP contribution in [0.4, 0.5) is 4.79 Å². The minimum Gasteiger partial charge on any atom is -0.368 e. The summed E-state index contributed by atoms with van der Waals surface area (Å²) in [5.74, 6) is -0.829. The van der Waals surface area contributed by atoms with Gasteiger partial charge in [-0.05, 0) is 42.4 Å². The van der Waals surface area contributed by atoms with E-state index in [0.717, 1.165) is 36.8 Å². The molecule has 1 saturated carbocycles. The largest absolute Gasteiger partial charge is 0.368 e. The van der Waals surface area contributed by atoms with Crippen LogP contribution in [0.5, 0.6) is 0 Å². The van der Waals surface area contributed by atoms with Crippen molar-refractivity contribution in [2.75, 3.05) is 20.6 Å². The third-order valence-corrected chi connectivity index (χ3v) is 6.62. The Balaban J connectivity index is 1.73. The summed E-state index contributed by atoms with van der Waals surface area (Å²) < 4.78 is 0. The predicted octanol–water partition coefficient (Wildman–Crippen LogP) is 3.81. The van der Waals surface area contributed by atoms with Gasteiger partial charge in [-0.3, -0.25) is 9.59 Å². The van der Waals surface area contributed by atoms with Crippen LogP contribution in [0.25, 0.3) is 0 Å². The molecule has 7 heteroatoms. The van der Waals surface area contributed by atoms with Crippen LogP contribution in [-0.2, 0) is 16.1 Å². The van der Waals surface area contributed by atoms with Crippen molar-refractivity contribution in [3.8, 4) is 0 Å². The summed E-state index contributed by atoms with van der Waals surface area (Å²) in [4.78, 5) is 41.1. The van der Waals surface area contributed by atoms with Gasteiger partial charge in [-0.25, -0.2) is 4.79 Å². The van der Waals surface area contributed by atoms with E-state index >= 15 is 0 Å². The molecule has 7 nitrogen and oxygen atoms in total. The standard InChI is InChI=1S/C27H36N4O3/c1-4-31(27(34)30(2)3)18-19-14-16-20(17-15-19)22-12-8-9-13-23(22)26(33)29-24(25(28)32)21-10-6-5-7-11-21/h5-7,10-11,14-17,22-24H,4,8-9,12-13,18H2,1-3H3,(H2,28,32)(H,29,33)/t22-,23+,24-/m0/s1. The van der Waals surface area contributed by atoms with E-state index in [-0.39, 0.29) is 23.8 Å². The second-order valence-corrected chi connectivity index (χ2v) is 9.18. The SMILES string of the molecule is CCN(Cc1ccc([C@@H]2CCCC[C@H]2C(=O)N[C@H](C(N)=O)c2ccccc2)cc1)C(=O)N(C)C. The smallest absolute Gasteiger partial charge is 0.319 e. The zero-order valence-corrected chi connectivity index (χ0v) is 20.4. The molecule has 0 radical (unpaired) electrons. The topological polar surface area (TPSA) is 95.7 Å². The van der Waals surface area contributed by atoms with Crippen molar-refractivity contribution < 1.29 is 14.4 Å². The molecule has 2 aromatic carbocycles. The lowest BCUT2D eigenvalue weighted by molar-refractivity contribution is -0.131. The average Bonchev–Trinajstić information content (AvgIpc) is 2.86. The van der Waals surface area contributed by atoms with Gasteiger partial charge in [0.25, 0.3) is 0 Å². The highest BCUT2D eigenvalue weighted by atomic mass is 16.2. The Morgan fingerprint density at radius 2 is 1.65 bits per heavy atom. The molecule has 0 aromatic heterocycles. The molecular weight excluding hydrogens is 428 g/mol. The minimum absolute atomic E-state index is 0.0157. The summed E-state index contributed by atoms with van der Waals surface area (Å²) in [6.07, 6.45) is 3.75. The molecule has 1 aliphatic rings. The summed E-state index contributed by atoms with van der Waals surface area (Å²) in [5.41, 5.74) is 8.47. The molecule has 0 aliphatic heterocycles. The van der Waals surface area contributed by atoms with Crippen molar-refractivity contribution in [2.45, 2.75) is 51.1 Å². The van der Waals surface area contributed by atoms with Crippen LogP contribution >= 0.6 is 0 Å². The molecule has 1 aliphatic carbocycles. The molecule has 0 heterocycles. The second kappa shape index (κ2) is 11.7. The van der Waals surface area contributed by atoms with Gasteiger partial charge in [0.05, 0.1) is 0 Å². The summed E-state index contributed by atoms with van der Waals surface area (Å²) in [6.45, 7) is 3.14. The molecule has 3 N–H and O–H groups in total. The number of carbonyl (C=O) groups is 3. The van der Waals surface area contributed by atoms with Crippen LogP contribution < -0.4 is 11.1 Å². The van der Waals surface area contributed by atoms with Crippen LogP contribution in [-0.4, -0.2) is 48.3 Å². The fourth-order valence-corrected chi connectivity index (χ4v) is 4.75. The Kier molecular flexibility index (Phi) is 8.68. The molecule has 4 amide bonds. The van der Waals surface area contributed by atoms with E-state index < -0.39 is 11.9 Å². The molecule has 1 fully saturated rings. The Hall–Kier alpha value is -3.35. The van der Waals surface area contributed by atoms with Gasteiger partial charge in [0.15, 0.2) is 0 Å². The van der Waals surface area contributed by atoms with E-state index in [9.17, 15) is 14.4 Å². The number of hydrogen-bond donors (Lipinski definition) is 2. The third-order valence-electron chi connectivity index (χ3n) is 6.62. The molecular formula is C27H36N4O3. The van der Waals surface area contributed by atoms with E-state index in [1.54, 1.807) is 36.0 Å². The quantitative estimate of drug-likeness (QED) is 0.622. The number of urea groups is 1. The number of nitrogens with one attached hydrogen (secondary N) is 1. The molecule has 2 aromatic rings. The predicted molar refractivity (Wildman–Crippen MR) is 133 cm³/mol. The lowest BCUT2D eigenvalue weighted by Crippen LogP contribution is -2.42. The van der Waals surface area contributed by atoms with Crippen molar-refractivity contribution >= 4 is 17.8 Å². The van der Waals surface area contributed by atoms with E-state index in [2.05, 4.69) is 17.4 Å². The van der Waals surface area contributed by atoms with Gasteiger partial charge in [-0.1, -0.05) is 67.4 Å². The molecule has 0 spiro atoms. The normalized spacial score (nSPS) is 18.6. The third kappa shape index (κ3) is 6.16. The van der Waals surface area contributed by atoms with E-state index in [0.29, 0.717) is 18.7 Å². The maximum absolute atomic E-state index is 13.3. The van der Waals surface area contributed by atoms with Crippen LogP contribution in [0.15, 0.2) is 54.6 Å². The molecule has 3 rings (SSSR count). The Labute approximate surface area is 202 Å². The van der Waals surface area contributed by atoms with Crippen LogP contribution in [0, 0.1) is 5.92 Å². The molecule has 0 bridgehead atoms. The number of primary amides is 1. The van der Waals surface area contributed by atoms with E-state index in [4.69, 9.17) is 5.73 Å². The lowest BCUT2D eigenvalue weighted by atomic mass is 9.74. The second-order valence-electron chi connectivity index (χ2n) is 9.18. The van der Waals surface area contributed by atoms with E-state index in [1.807, 2.05) is 37.3 Å².